The summed E-state index contributed by atoms with van der Waals surface area (Å²) in [6, 6.07) is 4.90. The lowest BCUT2D eigenvalue weighted by Crippen LogP contribution is -2.30. The zero-order chi connectivity index (χ0) is 12.4. The number of nitro groups is 1. The van der Waals surface area contributed by atoms with Crippen molar-refractivity contribution >= 4 is 23.0 Å². The Labute approximate surface area is 105 Å². The van der Waals surface area contributed by atoms with Crippen LogP contribution in [0.5, 0.6) is 0 Å². The number of nitrogens with one attached hydrogen (secondary N) is 1. The van der Waals surface area contributed by atoms with Crippen LogP contribution in [0.25, 0.3) is 0 Å². The van der Waals surface area contributed by atoms with Gasteiger partial charge in [0.05, 0.1) is 15.6 Å². The first-order chi connectivity index (χ1) is 8.08. The molecule has 0 bridgehead atoms. The van der Waals surface area contributed by atoms with Crippen LogP contribution in [0.1, 0.15) is 26.2 Å². The van der Waals surface area contributed by atoms with Gasteiger partial charge in [0, 0.05) is 18.2 Å². The van der Waals surface area contributed by atoms with Crippen LogP contribution in [0.3, 0.4) is 0 Å². The number of nitrogens with zero attached hydrogens (tertiary/aromatic N) is 1. The van der Waals surface area contributed by atoms with E-state index in [1.165, 1.54) is 31.4 Å². The summed E-state index contributed by atoms with van der Waals surface area (Å²) in [6.07, 6.45) is 3.79. The summed E-state index contributed by atoms with van der Waals surface area (Å²) < 4.78 is 0. The molecule has 0 saturated heterocycles. The topological polar surface area (TPSA) is 55.2 Å². The molecule has 1 atom stereocenters. The summed E-state index contributed by atoms with van der Waals surface area (Å²) in [6.45, 7) is 2.13. The Morgan fingerprint density at radius 3 is 2.71 bits per heavy atom. The fourth-order valence-electron chi connectivity index (χ4n) is 2.04. The number of non-ortho nitro benzene ring substituents is 1. The van der Waals surface area contributed by atoms with E-state index in [-0.39, 0.29) is 5.69 Å². The molecule has 0 amide bonds. The summed E-state index contributed by atoms with van der Waals surface area (Å²) in [5, 5.41) is 14.3. The standard InChI is InChI=1S/C12H15ClN2O2/c1-8(9-3-2-4-9)14-12-6-5-10(15(16)17)7-11(12)13/h5-9,14H,2-4H2,1H3. The predicted octanol–water partition coefficient (Wildman–Crippen LogP) is 3.85. The minimum atomic E-state index is -0.439. The number of benzene rings is 1. The maximum Gasteiger partial charge on any atom is 0.271 e. The molecule has 0 aromatic heterocycles. The van der Waals surface area contributed by atoms with Crippen molar-refractivity contribution < 1.29 is 4.92 Å². The van der Waals surface area contributed by atoms with Crippen molar-refractivity contribution in [1.29, 1.82) is 0 Å². The maximum absolute atomic E-state index is 10.6. The lowest BCUT2D eigenvalue weighted by Gasteiger charge is -2.32. The monoisotopic (exact) mass is 254 g/mol. The average molecular weight is 255 g/mol. The summed E-state index contributed by atoms with van der Waals surface area (Å²) in [7, 11) is 0. The second-order valence-corrected chi connectivity index (χ2v) is 4.95. The minimum absolute atomic E-state index is 0.0249. The van der Waals surface area contributed by atoms with Gasteiger partial charge in [-0.2, -0.15) is 0 Å². The molecule has 1 fully saturated rings. The number of nitro benzene ring substituents is 1. The van der Waals surface area contributed by atoms with Crippen molar-refractivity contribution in [2.45, 2.75) is 32.2 Å². The molecule has 2 rings (SSSR count). The molecular formula is C12H15ClN2O2. The Morgan fingerprint density at radius 2 is 2.24 bits per heavy atom. The lowest BCUT2D eigenvalue weighted by molar-refractivity contribution is -0.384. The van der Waals surface area contributed by atoms with E-state index < -0.39 is 4.92 Å². The van der Waals surface area contributed by atoms with Crippen molar-refractivity contribution in [2.24, 2.45) is 5.92 Å². The quantitative estimate of drug-likeness (QED) is 0.656. The molecule has 4 nitrogen and oxygen atoms in total. The molecule has 5 heteroatoms. The second kappa shape index (κ2) is 4.92. The molecule has 1 aromatic carbocycles. The fraction of sp³-hybridized carbons (Fsp3) is 0.500. The van der Waals surface area contributed by atoms with Crippen molar-refractivity contribution in [2.75, 3.05) is 5.32 Å². The van der Waals surface area contributed by atoms with Crippen LogP contribution in [-0.4, -0.2) is 11.0 Å². The summed E-state index contributed by atoms with van der Waals surface area (Å²) >= 11 is 6.02. The largest absolute Gasteiger partial charge is 0.381 e. The molecule has 0 radical (unpaired) electrons. The van der Waals surface area contributed by atoms with Gasteiger partial charge < -0.3 is 5.32 Å². The van der Waals surface area contributed by atoms with E-state index in [0.717, 1.165) is 5.69 Å². The zero-order valence-corrected chi connectivity index (χ0v) is 10.4. The Morgan fingerprint density at radius 1 is 1.53 bits per heavy atom. The van der Waals surface area contributed by atoms with Crippen molar-refractivity contribution in [3.05, 3.63) is 33.3 Å². The number of rotatable bonds is 4. The van der Waals surface area contributed by atoms with Gasteiger partial charge in [-0.3, -0.25) is 10.1 Å². The Bertz CT molecular complexity index is 433. The van der Waals surface area contributed by atoms with Crippen LogP contribution >= 0.6 is 11.6 Å². The molecule has 0 aliphatic heterocycles. The highest BCUT2D eigenvalue weighted by molar-refractivity contribution is 6.33. The second-order valence-electron chi connectivity index (χ2n) is 4.55. The van der Waals surface area contributed by atoms with Gasteiger partial charge in [-0.25, -0.2) is 0 Å². The van der Waals surface area contributed by atoms with Gasteiger partial charge in [0.2, 0.25) is 0 Å². The molecule has 0 spiro atoms. The SMILES string of the molecule is CC(Nc1ccc([N+](=O)[O-])cc1Cl)C1CCC1. The van der Waals surface area contributed by atoms with Gasteiger partial charge in [0.1, 0.15) is 0 Å². The third kappa shape index (κ3) is 2.69. The van der Waals surface area contributed by atoms with Crippen molar-refractivity contribution in [3.63, 3.8) is 0 Å². The molecular weight excluding hydrogens is 240 g/mol. The highest BCUT2D eigenvalue weighted by Crippen LogP contribution is 2.33. The first kappa shape index (κ1) is 12.2. The van der Waals surface area contributed by atoms with Gasteiger partial charge in [-0.15, -0.1) is 0 Å². The lowest BCUT2D eigenvalue weighted by atomic mass is 9.80. The molecule has 1 unspecified atom stereocenters. The van der Waals surface area contributed by atoms with Crippen LogP contribution in [0.15, 0.2) is 18.2 Å². The van der Waals surface area contributed by atoms with E-state index in [0.29, 0.717) is 17.0 Å². The molecule has 92 valence electrons. The molecule has 1 saturated carbocycles. The number of hydrogen-bond acceptors (Lipinski definition) is 3. The van der Waals surface area contributed by atoms with Crippen LogP contribution in [0.4, 0.5) is 11.4 Å². The molecule has 0 heterocycles. The third-order valence-electron chi connectivity index (χ3n) is 3.40. The normalized spacial score (nSPS) is 17.3. The Kier molecular flexibility index (Phi) is 3.52. The number of anilines is 1. The van der Waals surface area contributed by atoms with Gasteiger partial charge >= 0.3 is 0 Å². The zero-order valence-electron chi connectivity index (χ0n) is 9.65. The molecule has 17 heavy (non-hydrogen) atoms. The predicted molar refractivity (Wildman–Crippen MR) is 68.5 cm³/mol. The van der Waals surface area contributed by atoms with Gasteiger partial charge in [-0.1, -0.05) is 18.0 Å². The van der Waals surface area contributed by atoms with Gasteiger partial charge in [-0.05, 0) is 31.7 Å². The summed E-state index contributed by atoms with van der Waals surface area (Å²) in [5.41, 5.74) is 0.800. The van der Waals surface area contributed by atoms with Gasteiger partial charge in [0.25, 0.3) is 5.69 Å². The van der Waals surface area contributed by atoms with E-state index in [2.05, 4.69) is 12.2 Å². The Balaban J connectivity index is 2.07. The smallest absolute Gasteiger partial charge is 0.271 e. The van der Waals surface area contributed by atoms with Crippen LogP contribution in [0.2, 0.25) is 5.02 Å². The van der Waals surface area contributed by atoms with Crippen LogP contribution in [0, 0.1) is 16.0 Å². The number of hydrogen-bond donors (Lipinski definition) is 1. The number of halogens is 1. The van der Waals surface area contributed by atoms with E-state index in [9.17, 15) is 10.1 Å². The molecule has 1 aliphatic rings. The summed E-state index contributed by atoms with van der Waals surface area (Å²) in [4.78, 5) is 10.1. The van der Waals surface area contributed by atoms with Crippen LogP contribution in [-0.2, 0) is 0 Å². The average Bonchev–Trinajstić information content (AvgIpc) is 2.18. The molecule has 1 aliphatic carbocycles. The Hall–Kier alpha value is -1.29. The van der Waals surface area contributed by atoms with E-state index >= 15 is 0 Å². The fourth-order valence-corrected chi connectivity index (χ4v) is 2.27. The maximum atomic E-state index is 10.6. The van der Waals surface area contributed by atoms with Crippen molar-refractivity contribution in [1.82, 2.24) is 0 Å². The van der Waals surface area contributed by atoms with E-state index in [1.54, 1.807) is 6.07 Å². The first-order valence-corrected chi connectivity index (χ1v) is 6.16. The van der Waals surface area contributed by atoms with Crippen LogP contribution < -0.4 is 5.32 Å². The van der Waals surface area contributed by atoms with E-state index in [4.69, 9.17) is 11.6 Å². The minimum Gasteiger partial charge on any atom is -0.381 e. The molecule has 1 aromatic rings. The van der Waals surface area contributed by atoms with E-state index in [1.807, 2.05) is 0 Å². The molecule has 1 N–H and O–H groups in total. The summed E-state index contributed by atoms with van der Waals surface area (Å²) in [5.74, 6) is 0.696. The van der Waals surface area contributed by atoms with Crippen molar-refractivity contribution in [3.8, 4) is 0 Å². The highest BCUT2D eigenvalue weighted by atomic mass is 35.5. The van der Waals surface area contributed by atoms with Gasteiger partial charge in [0.15, 0.2) is 0 Å². The highest BCUT2D eigenvalue weighted by Gasteiger charge is 2.24. The first-order valence-electron chi connectivity index (χ1n) is 5.78. The third-order valence-corrected chi connectivity index (χ3v) is 3.72.